The molecule has 0 bridgehead atoms. The van der Waals surface area contributed by atoms with E-state index in [0.29, 0.717) is 12.1 Å². The number of carbonyl (C=O) groups is 1. The van der Waals surface area contributed by atoms with Crippen LogP contribution in [0.1, 0.15) is 11.1 Å². The van der Waals surface area contributed by atoms with Crippen molar-refractivity contribution in [2.75, 3.05) is 0 Å². The Kier molecular flexibility index (Phi) is 2.64. The van der Waals surface area contributed by atoms with Crippen molar-refractivity contribution in [2.45, 2.75) is 12.6 Å². The van der Waals surface area contributed by atoms with E-state index in [9.17, 15) is 31.9 Å². The van der Waals surface area contributed by atoms with Crippen molar-refractivity contribution in [3.05, 3.63) is 40.5 Å². The fourth-order valence-electron chi connectivity index (χ4n) is 1.78. The molecule has 96 valence electrons. The van der Waals surface area contributed by atoms with Gasteiger partial charge in [-0.05, 0) is 6.07 Å². The molecule has 1 aromatic carbocycles. The Bertz CT molecular complexity index is 572. The van der Waals surface area contributed by atoms with E-state index in [4.69, 9.17) is 0 Å². The number of ketones is 1. The molecule has 1 N–H and O–H groups in total. The fraction of sp³-hybridized carbons (Fsp3) is 0.182. The van der Waals surface area contributed by atoms with Crippen LogP contribution in [-0.2, 0) is 11.2 Å². The van der Waals surface area contributed by atoms with E-state index in [2.05, 4.69) is 0 Å². The predicted octanol–water partition coefficient (Wildman–Crippen LogP) is 2.92. The molecule has 2 rings (SSSR count). The molecule has 0 aliphatic heterocycles. The second-order valence-electron chi connectivity index (χ2n) is 3.74. The number of aliphatic hydroxyl groups excluding tert-OH is 1. The summed E-state index contributed by atoms with van der Waals surface area (Å²) < 4.78 is 62.8. The summed E-state index contributed by atoms with van der Waals surface area (Å²) in [6, 6.07) is 1.16. The molecule has 7 heteroatoms. The third-order valence-corrected chi connectivity index (χ3v) is 2.59. The lowest BCUT2D eigenvalue weighted by atomic mass is 10.1. The maximum Gasteiger partial charge on any atom is 0.454 e. The maximum atomic E-state index is 13.3. The van der Waals surface area contributed by atoms with Crippen LogP contribution in [-0.4, -0.2) is 17.1 Å². The van der Waals surface area contributed by atoms with Crippen molar-refractivity contribution < 1.29 is 31.9 Å². The first-order chi connectivity index (χ1) is 8.21. The molecule has 1 aromatic rings. The number of halogens is 5. The van der Waals surface area contributed by atoms with Gasteiger partial charge in [0.1, 0.15) is 17.4 Å². The number of rotatable bonds is 1. The monoisotopic (exact) mass is 264 g/mol. The fourth-order valence-corrected chi connectivity index (χ4v) is 1.78. The van der Waals surface area contributed by atoms with Gasteiger partial charge in [-0.1, -0.05) is 0 Å². The first-order valence-electron chi connectivity index (χ1n) is 4.73. The van der Waals surface area contributed by atoms with Gasteiger partial charge in [0, 0.05) is 23.6 Å². The highest BCUT2D eigenvalue weighted by Gasteiger charge is 2.44. The van der Waals surface area contributed by atoms with Gasteiger partial charge in [-0.15, -0.1) is 0 Å². The van der Waals surface area contributed by atoms with Crippen molar-refractivity contribution >= 4 is 11.5 Å². The van der Waals surface area contributed by atoms with Crippen LogP contribution in [0, 0.1) is 11.6 Å². The van der Waals surface area contributed by atoms with Gasteiger partial charge in [-0.2, -0.15) is 13.2 Å². The highest BCUT2D eigenvalue weighted by molar-refractivity contribution is 6.06. The summed E-state index contributed by atoms with van der Waals surface area (Å²) >= 11 is 0. The standard InChI is InChI=1S/C11H5F5O2/c12-4-1-6-5(8(13)2-4)3-7(9(6)17)10(18)11(14,15)16/h1-2,17H,3H2. The topological polar surface area (TPSA) is 37.3 Å². The lowest BCUT2D eigenvalue weighted by Gasteiger charge is -2.05. The predicted molar refractivity (Wildman–Crippen MR) is 50.7 cm³/mol. The van der Waals surface area contributed by atoms with Gasteiger partial charge in [-0.25, -0.2) is 8.78 Å². The molecule has 1 aliphatic rings. The van der Waals surface area contributed by atoms with E-state index in [1.54, 1.807) is 0 Å². The van der Waals surface area contributed by atoms with Gasteiger partial charge < -0.3 is 5.11 Å². The summed E-state index contributed by atoms with van der Waals surface area (Å²) in [6.07, 6.45) is -5.87. The zero-order valence-electron chi connectivity index (χ0n) is 8.61. The van der Waals surface area contributed by atoms with E-state index in [1.807, 2.05) is 0 Å². The highest BCUT2D eigenvalue weighted by atomic mass is 19.4. The molecule has 18 heavy (non-hydrogen) atoms. The molecule has 0 aromatic heterocycles. The van der Waals surface area contributed by atoms with Crippen molar-refractivity contribution in [3.63, 3.8) is 0 Å². The number of Topliss-reactive ketones (excluding diaryl/α,β-unsaturated/α-hetero) is 1. The van der Waals surface area contributed by atoms with Crippen molar-refractivity contribution in [3.8, 4) is 0 Å². The SMILES string of the molecule is O=C(C1=C(O)c2cc(F)cc(F)c2C1)C(F)(F)F. The summed E-state index contributed by atoms with van der Waals surface area (Å²) in [7, 11) is 0. The van der Waals surface area contributed by atoms with Gasteiger partial charge in [0.25, 0.3) is 5.78 Å². The minimum absolute atomic E-state index is 0.318. The van der Waals surface area contributed by atoms with E-state index < -0.39 is 46.9 Å². The summed E-state index contributed by atoms with van der Waals surface area (Å²) in [5, 5.41) is 9.45. The third kappa shape index (κ3) is 1.85. The van der Waals surface area contributed by atoms with E-state index >= 15 is 0 Å². The van der Waals surface area contributed by atoms with E-state index in [0.717, 1.165) is 0 Å². The van der Waals surface area contributed by atoms with Gasteiger partial charge in [0.05, 0.1) is 5.57 Å². The van der Waals surface area contributed by atoms with Crippen LogP contribution in [0.2, 0.25) is 0 Å². The Morgan fingerprint density at radius 3 is 2.39 bits per heavy atom. The normalized spacial score (nSPS) is 14.9. The molecule has 0 heterocycles. The second kappa shape index (κ2) is 3.79. The smallest absolute Gasteiger partial charge is 0.454 e. The van der Waals surface area contributed by atoms with Gasteiger partial charge >= 0.3 is 6.18 Å². The number of hydrogen-bond donors (Lipinski definition) is 1. The Morgan fingerprint density at radius 2 is 1.83 bits per heavy atom. The van der Waals surface area contributed by atoms with Crippen LogP contribution in [0.4, 0.5) is 22.0 Å². The van der Waals surface area contributed by atoms with Crippen molar-refractivity contribution in [1.29, 1.82) is 0 Å². The molecule has 2 nitrogen and oxygen atoms in total. The lowest BCUT2D eigenvalue weighted by Crippen LogP contribution is -2.25. The molecule has 1 aliphatic carbocycles. The molecular weight excluding hydrogens is 259 g/mol. The molecule has 0 unspecified atom stereocenters. The minimum Gasteiger partial charge on any atom is -0.507 e. The summed E-state index contributed by atoms with van der Waals surface area (Å²) in [4.78, 5) is 11.0. The first kappa shape index (κ1) is 12.5. The van der Waals surface area contributed by atoms with E-state index in [-0.39, 0.29) is 5.56 Å². The zero-order chi connectivity index (χ0) is 13.7. The summed E-state index contributed by atoms with van der Waals surface area (Å²) in [5.74, 6) is -5.42. The number of carbonyl (C=O) groups excluding carboxylic acids is 1. The van der Waals surface area contributed by atoms with Gasteiger partial charge in [0.15, 0.2) is 0 Å². The van der Waals surface area contributed by atoms with Crippen molar-refractivity contribution in [2.24, 2.45) is 0 Å². The van der Waals surface area contributed by atoms with Crippen LogP contribution < -0.4 is 0 Å². The number of aliphatic hydroxyl groups is 1. The molecule has 0 saturated heterocycles. The molecule has 0 saturated carbocycles. The number of benzene rings is 1. The third-order valence-electron chi connectivity index (χ3n) is 2.59. The van der Waals surface area contributed by atoms with Crippen molar-refractivity contribution in [1.82, 2.24) is 0 Å². The second-order valence-corrected chi connectivity index (χ2v) is 3.74. The largest absolute Gasteiger partial charge is 0.507 e. The molecule has 0 radical (unpaired) electrons. The Labute approximate surface area is 97.3 Å². The van der Waals surface area contributed by atoms with Crippen LogP contribution >= 0.6 is 0 Å². The number of hydrogen-bond acceptors (Lipinski definition) is 2. The molecule has 0 amide bonds. The molecular formula is C11H5F5O2. The Morgan fingerprint density at radius 1 is 1.22 bits per heavy atom. The average molecular weight is 264 g/mol. The molecule has 0 fully saturated rings. The maximum absolute atomic E-state index is 13.3. The number of fused-ring (bicyclic) bond motifs is 1. The summed E-state index contributed by atoms with van der Waals surface area (Å²) in [5.41, 5.74) is -1.70. The number of allylic oxidation sites excluding steroid dienone is 1. The lowest BCUT2D eigenvalue weighted by molar-refractivity contribution is -0.166. The van der Waals surface area contributed by atoms with Gasteiger partial charge in [-0.3, -0.25) is 4.79 Å². The molecule has 0 spiro atoms. The molecule has 0 atom stereocenters. The highest BCUT2D eigenvalue weighted by Crippen LogP contribution is 2.36. The van der Waals surface area contributed by atoms with Crippen LogP contribution in [0.5, 0.6) is 0 Å². The Hall–Kier alpha value is -1.92. The quantitative estimate of drug-likeness (QED) is 0.792. The van der Waals surface area contributed by atoms with Gasteiger partial charge in [0.2, 0.25) is 0 Å². The minimum atomic E-state index is -5.17. The van der Waals surface area contributed by atoms with Crippen LogP contribution in [0.25, 0.3) is 5.76 Å². The van der Waals surface area contributed by atoms with Crippen LogP contribution in [0.3, 0.4) is 0 Å². The Balaban J connectivity index is 2.52. The first-order valence-corrected chi connectivity index (χ1v) is 4.73. The zero-order valence-corrected chi connectivity index (χ0v) is 8.61. The summed E-state index contributed by atoms with van der Waals surface area (Å²) in [6.45, 7) is 0. The van der Waals surface area contributed by atoms with E-state index in [1.165, 1.54) is 0 Å². The van der Waals surface area contributed by atoms with Crippen LogP contribution in [0.15, 0.2) is 17.7 Å². The number of alkyl halides is 3. The average Bonchev–Trinajstić information content (AvgIpc) is 2.54.